The molecule has 1 aromatic heterocycles. The van der Waals surface area contributed by atoms with Gasteiger partial charge >= 0.3 is 0 Å². The van der Waals surface area contributed by atoms with Crippen molar-refractivity contribution in [2.24, 2.45) is 5.41 Å². The average Bonchev–Trinajstić information content (AvgIpc) is 3.08. The minimum absolute atomic E-state index is 0. The number of hydrogen-bond acceptors (Lipinski definition) is 2. The van der Waals surface area contributed by atoms with Gasteiger partial charge in [-0.3, -0.25) is 4.98 Å². The first-order chi connectivity index (χ1) is 13.3. The average molecular weight is 595 g/mol. The molecule has 3 nitrogen and oxygen atoms in total. The van der Waals surface area contributed by atoms with Crippen molar-refractivity contribution >= 4 is 25.1 Å². The van der Waals surface area contributed by atoms with Gasteiger partial charge in [-0.05, 0) is 59.6 Å². The Bertz CT molecular complexity index is 1190. The predicted molar refractivity (Wildman–Crippen MR) is 125 cm³/mol. The van der Waals surface area contributed by atoms with Gasteiger partial charge in [0.2, 0.25) is 8.40 Å². The number of hydrogen-bond donors (Lipinski definition) is 0. The minimum Gasteiger partial charge on any atom is -0.425 e. The molecular formula is C25H32IrN3Si-. The molecule has 2 aliphatic rings. The zero-order valence-electron chi connectivity index (χ0n) is 19.6. The van der Waals surface area contributed by atoms with Gasteiger partial charge in [-0.2, -0.15) is 0 Å². The Morgan fingerprint density at radius 3 is 2.20 bits per heavy atom. The van der Waals surface area contributed by atoms with Crippen molar-refractivity contribution in [2.45, 2.75) is 65.5 Å². The monoisotopic (exact) mass is 595 g/mol. The van der Waals surface area contributed by atoms with Crippen LogP contribution in [-0.2, 0) is 30.9 Å². The van der Waals surface area contributed by atoms with E-state index in [-0.39, 0.29) is 36.4 Å². The van der Waals surface area contributed by atoms with Gasteiger partial charge in [-0.25, -0.2) is 0 Å². The maximum atomic E-state index is 5.20. The maximum absolute atomic E-state index is 5.20. The van der Waals surface area contributed by atoms with Crippen molar-refractivity contribution in [1.29, 1.82) is 0 Å². The summed E-state index contributed by atoms with van der Waals surface area (Å²) in [5.41, 5.74) is 8.08. The smallest absolute Gasteiger partial charge is 0.246 e. The van der Waals surface area contributed by atoms with Gasteiger partial charge in [-0.1, -0.05) is 52.8 Å². The Kier molecular flexibility index (Phi) is 4.42. The van der Waals surface area contributed by atoms with E-state index in [1.54, 1.807) is 0 Å². The van der Waals surface area contributed by atoms with Gasteiger partial charge in [-0.15, -0.1) is 24.3 Å². The third-order valence-corrected chi connectivity index (χ3v) is 12.5. The Morgan fingerprint density at radius 2 is 1.57 bits per heavy atom. The zero-order valence-corrected chi connectivity index (χ0v) is 23.0. The molecule has 0 bridgehead atoms. The summed E-state index contributed by atoms with van der Waals surface area (Å²) in [5, 5.41) is 0. The summed E-state index contributed by atoms with van der Waals surface area (Å²) in [6.45, 7) is 19.3. The van der Waals surface area contributed by atoms with Gasteiger partial charge in [0.15, 0.2) is 0 Å². The van der Waals surface area contributed by atoms with Gasteiger partial charge in [0.25, 0.3) is 0 Å². The summed E-state index contributed by atoms with van der Waals surface area (Å²) in [7, 11) is 0.272. The molecule has 1 radical (unpaired) electrons. The molecule has 2 heterocycles. The molecular weight excluding hydrogens is 563 g/mol. The van der Waals surface area contributed by atoms with E-state index in [2.05, 4.69) is 101 Å². The zero-order chi connectivity index (χ0) is 21.1. The van der Waals surface area contributed by atoms with Crippen LogP contribution >= 0.6 is 0 Å². The van der Waals surface area contributed by atoms with E-state index in [4.69, 9.17) is 4.98 Å². The normalized spacial score (nSPS) is 21.6. The Morgan fingerprint density at radius 1 is 0.967 bits per heavy atom. The van der Waals surface area contributed by atoms with Crippen LogP contribution < -0.4 is 4.57 Å². The summed E-state index contributed by atoms with van der Waals surface area (Å²) < 4.78 is 5.04. The largest absolute Gasteiger partial charge is 0.425 e. The molecule has 30 heavy (non-hydrogen) atoms. The van der Waals surface area contributed by atoms with Crippen molar-refractivity contribution < 1.29 is 20.1 Å². The van der Waals surface area contributed by atoms with E-state index in [1.165, 1.54) is 22.3 Å². The molecule has 0 saturated heterocycles. The Labute approximate surface area is 195 Å². The topological polar surface area (TPSA) is 21.1 Å². The standard InChI is InChI=1S/C25H32N3Si.Ir/c1-23(2)17-14-19-21(15-18(17)24(3,4)25(23,5)6)28-22(26-19)16-12-10-11-13-20(16)27(7)29(28,8)9;/h10-11,13-15H,1-9H3;/q-1;. The van der Waals surface area contributed by atoms with Gasteiger partial charge in [0.1, 0.15) is 0 Å². The first kappa shape index (κ1) is 21.8. The molecule has 0 spiro atoms. The molecule has 0 N–H and O–H groups in total. The summed E-state index contributed by atoms with van der Waals surface area (Å²) in [6, 6.07) is 14.6. The van der Waals surface area contributed by atoms with E-state index < -0.39 is 8.40 Å². The fourth-order valence-corrected chi connectivity index (χ4v) is 8.19. The summed E-state index contributed by atoms with van der Waals surface area (Å²) in [4.78, 5) is 5.20. The summed E-state index contributed by atoms with van der Waals surface area (Å²) >= 11 is 0. The number of nitrogens with zero attached hydrogens (tertiary/aromatic N) is 3. The van der Waals surface area contributed by atoms with E-state index in [9.17, 15) is 0 Å². The van der Waals surface area contributed by atoms with Crippen LogP contribution in [0.2, 0.25) is 13.1 Å². The molecule has 2 aromatic carbocycles. The van der Waals surface area contributed by atoms with E-state index in [0.717, 1.165) is 16.9 Å². The molecule has 161 valence electrons. The number of aromatic nitrogens is 2. The van der Waals surface area contributed by atoms with Crippen LogP contribution in [0.25, 0.3) is 22.4 Å². The second-order valence-corrected chi connectivity index (χ2v) is 15.1. The molecule has 0 amide bonds. The van der Waals surface area contributed by atoms with E-state index in [0.29, 0.717) is 0 Å². The van der Waals surface area contributed by atoms with Gasteiger partial charge in [0.05, 0.1) is 16.9 Å². The molecule has 0 unspecified atom stereocenters. The Balaban J connectivity index is 0.00000218. The number of anilines is 1. The number of benzene rings is 2. The van der Waals surface area contributed by atoms with Crippen LogP contribution in [-0.4, -0.2) is 24.7 Å². The molecule has 0 atom stereocenters. The Hall–Kier alpha value is -1.42. The van der Waals surface area contributed by atoms with Crippen molar-refractivity contribution in [3.8, 4) is 11.4 Å². The van der Waals surface area contributed by atoms with Crippen LogP contribution in [0.15, 0.2) is 30.3 Å². The molecule has 5 rings (SSSR count). The third kappa shape index (κ3) is 2.27. The second-order valence-electron chi connectivity index (χ2n) is 11.0. The fourth-order valence-electron chi connectivity index (χ4n) is 5.67. The molecule has 0 saturated carbocycles. The van der Waals surface area contributed by atoms with Gasteiger partial charge < -0.3 is 8.80 Å². The van der Waals surface area contributed by atoms with Crippen LogP contribution in [0, 0.1) is 11.5 Å². The third-order valence-electron chi connectivity index (χ3n) is 9.05. The molecule has 5 heteroatoms. The van der Waals surface area contributed by atoms with Crippen molar-refractivity contribution in [1.82, 2.24) is 9.22 Å². The predicted octanol–water partition coefficient (Wildman–Crippen LogP) is 6.10. The number of rotatable bonds is 0. The molecule has 3 aromatic rings. The minimum atomic E-state index is -1.96. The molecule has 0 fully saturated rings. The maximum Gasteiger partial charge on any atom is 0.246 e. The van der Waals surface area contributed by atoms with Crippen LogP contribution in [0.4, 0.5) is 5.69 Å². The quantitative estimate of drug-likeness (QED) is 0.232. The SMILES string of the molecule is CN1c2ccc[c-]c2-c2nc3cc4c(cc3n2[Si]1(C)C)C(C)(C)C(C)(C)C4(C)C.[Ir]. The summed E-state index contributed by atoms with van der Waals surface area (Å²) in [5.74, 6) is 1.09. The second kappa shape index (κ2) is 6.08. The number of imidazole rings is 1. The first-order valence-corrected chi connectivity index (χ1v) is 13.6. The van der Waals surface area contributed by atoms with Crippen molar-refractivity contribution in [3.63, 3.8) is 0 Å². The van der Waals surface area contributed by atoms with Crippen molar-refractivity contribution in [3.05, 3.63) is 47.5 Å². The van der Waals surface area contributed by atoms with E-state index >= 15 is 0 Å². The first-order valence-electron chi connectivity index (χ1n) is 10.7. The van der Waals surface area contributed by atoms with Crippen molar-refractivity contribution in [2.75, 3.05) is 11.6 Å². The van der Waals surface area contributed by atoms with Crippen LogP contribution in [0.5, 0.6) is 0 Å². The number of fused-ring (bicyclic) bond motifs is 6. The van der Waals surface area contributed by atoms with Gasteiger partial charge in [0, 0.05) is 20.1 Å². The molecule has 1 aliphatic heterocycles. The van der Waals surface area contributed by atoms with Crippen LogP contribution in [0.3, 0.4) is 0 Å². The fraction of sp³-hybridized carbons (Fsp3) is 0.480. The summed E-state index contributed by atoms with van der Waals surface area (Å²) in [6.07, 6.45) is 0. The van der Waals surface area contributed by atoms with Crippen LogP contribution in [0.1, 0.15) is 52.7 Å². The van der Waals surface area contributed by atoms with E-state index in [1.807, 2.05) is 6.07 Å². The molecule has 1 aliphatic carbocycles.